The second-order valence-corrected chi connectivity index (χ2v) is 5.09. The fourth-order valence-corrected chi connectivity index (χ4v) is 1.84. The van der Waals surface area contributed by atoms with Crippen molar-refractivity contribution in [2.45, 2.75) is 12.7 Å². The predicted octanol–water partition coefficient (Wildman–Crippen LogP) is 1.66. The predicted molar refractivity (Wildman–Crippen MR) is 88.3 cm³/mol. The Hall–Kier alpha value is -3.28. The molecular weight excluding hydrogens is 369 g/mol. The molecule has 0 fully saturated rings. The molecule has 0 atom stereocenters. The molecule has 0 unspecified atom stereocenters. The zero-order chi connectivity index (χ0) is 20.0. The third kappa shape index (κ3) is 5.10. The maximum Gasteiger partial charge on any atom is 0.471 e. The van der Waals surface area contributed by atoms with Crippen molar-refractivity contribution in [3.63, 3.8) is 0 Å². The molecule has 0 saturated carbocycles. The number of carbonyl (C=O) groups is 1. The monoisotopic (exact) mass is 384 g/mol. The van der Waals surface area contributed by atoms with Crippen molar-refractivity contribution >= 4 is 17.8 Å². The van der Waals surface area contributed by atoms with Crippen molar-refractivity contribution in [3.05, 3.63) is 35.7 Å². The first kappa shape index (κ1) is 20.0. The summed E-state index contributed by atoms with van der Waals surface area (Å²) >= 11 is 0. The van der Waals surface area contributed by atoms with Gasteiger partial charge in [-0.15, -0.1) is 0 Å². The molecule has 12 heteroatoms. The lowest BCUT2D eigenvalue weighted by molar-refractivity contribution is -0.160. The van der Waals surface area contributed by atoms with Gasteiger partial charge in [0.05, 0.1) is 19.9 Å². The highest BCUT2D eigenvalue weighted by Gasteiger charge is 2.38. The van der Waals surface area contributed by atoms with E-state index in [1.807, 2.05) is 0 Å². The quantitative estimate of drug-likeness (QED) is 0.460. The Morgan fingerprint density at radius 1 is 1.37 bits per heavy atom. The van der Waals surface area contributed by atoms with E-state index in [2.05, 4.69) is 24.8 Å². The van der Waals surface area contributed by atoms with Crippen LogP contribution in [0.4, 0.5) is 13.2 Å². The number of hydroxylamine groups is 2. The fraction of sp³-hybridized carbons (Fsp3) is 0.267. The summed E-state index contributed by atoms with van der Waals surface area (Å²) < 4.78 is 41.6. The number of nitrogens with zero attached hydrogens (tertiary/aromatic N) is 5. The summed E-state index contributed by atoms with van der Waals surface area (Å²) in [5.41, 5.74) is 0.962. The van der Waals surface area contributed by atoms with Crippen LogP contribution in [-0.2, 0) is 22.4 Å². The van der Waals surface area contributed by atoms with Crippen LogP contribution in [0.25, 0.3) is 11.4 Å². The molecule has 0 saturated heterocycles. The summed E-state index contributed by atoms with van der Waals surface area (Å²) in [6, 6.07) is 6.30. The second-order valence-electron chi connectivity index (χ2n) is 5.09. The van der Waals surface area contributed by atoms with Crippen LogP contribution >= 0.6 is 0 Å². The average Bonchev–Trinajstić information content (AvgIpc) is 3.15. The molecule has 0 aliphatic carbocycles. The van der Waals surface area contributed by atoms with E-state index in [1.165, 1.54) is 32.5 Å². The maximum atomic E-state index is 12.5. The Balaban J connectivity index is 2.03. The minimum atomic E-state index is -4.70. The van der Waals surface area contributed by atoms with Gasteiger partial charge < -0.3 is 10.4 Å². The van der Waals surface area contributed by atoms with Crippen molar-refractivity contribution in [2.24, 2.45) is 15.9 Å². The molecule has 1 amide bonds. The molecule has 1 aromatic carbocycles. The van der Waals surface area contributed by atoms with E-state index in [1.54, 1.807) is 12.1 Å². The number of alkyl halides is 3. The summed E-state index contributed by atoms with van der Waals surface area (Å²) in [4.78, 5) is 23.9. The van der Waals surface area contributed by atoms with Crippen LogP contribution in [0.15, 0.2) is 38.9 Å². The van der Waals surface area contributed by atoms with E-state index < -0.39 is 18.0 Å². The lowest BCUT2D eigenvalue weighted by atomic mass is 10.1. The number of hydrogen-bond acceptors (Lipinski definition) is 8. The average molecular weight is 384 g/mol. The second kappa shape index (κ2) is 8.40. The summed E-state index contributed by atoms with van der Waals surface area (Å²) in [5, 5.41) is 7.58. The lowest BCUT2D eigenvalue weighted by Gasteiger charge is -2.12. The van der Waals surface area contributed by atoms with Gasteiger partial charge in [0.2, 0.25) is 5.82 Å². The molecule has 9 nitrogen and oxygen atoms in total. The minimum Gasteiger partial charge on any atom is -0.329 e. The standard InChI is InChI=1S/C15H15F3N6O3/c1-24(26-2)13(25)11(22-19)8-20-7-9-3-5-10(6-4-9)12-21-14(27-23-12)15(16,17)18/h3-6,8H,7,19H2,1-2H3. The molecular formula is C15H15F3N6O3. The topological polar surface area (TPSA) is 119 Å². The molecule has 0 spiro atoms. The van der Waals surface area contributed by atoms with Gasteiger partial charge in [0.15, 0.2) is 5.71 Å². The van der Waals surface area contributed by atoms with Crippen molar-refractivity contribution in [3.8, 4) is 11.4 Å². The third-order valence-electron chi connectivity index (χ3n) is 3.29. The van der Waals surface area contributed by atoms with Crippen LogP contribution in [0.3, 0.4) is 0 Å². The highest BCUT2D eigenvalue weighted by molar-refractivity contribution is 6.60. The number of aromatic nitrogens is 2. The zero-order valence-electron chi connectivity index (χ0n) is 14.3. The van der Waals surface area contributed by atoms with Crippen LogP contribution in [0.5, 0.6) is 0 Å². The molecule has 0 aliphatic heterocycles. The number of halogens is 3. The molecule has 1 heterocycles. The Labute approximate surface area is 151 Å². The number of carbonyl (C=O) groups excluding carboxylic acids is 1. The summed E-state index contributed by atoms with van der Waals surface area (Å²) in [6.45, 7) is 0.184. The van der Waals surface area contributed by atoms with E-state index in [-0.39, 0.29) is 18.1 Å². The largest absolute Gasteiger partial charge is 0.471 e. The van der Waals surface area contributed by atoms with Gasteiger partial charge in [-0.3, -0.25) is 14.6 Å². The summed E-state index contributed by atoms with van der Waals surface area (Å²) in [5.74, 6) is 2.99. The van der Waals surface area contributed by atoms with Crippen molar-refractivity contribution < 1.29 is 27.3 Å². The van der Waals surface area contributed by atoms with Crippen molar-refractivity contribution in [1.29, 1.82) is 0 Å². The zero-order valence-corrected chi connectivity index (χ0v) is 14.3. The van der Waals surface area contributed by atoms with Crippen molar-refractivity contribution in [2.75, 3.05) is 14.2 Å². The maximum absolute atomic E-state index is 12.5. The SMILES string of the molecule is CON(C)C(=O)C(C=NCc1ccc(-c2noc(C(F)(F)F)n2)cc1)=NN. The Morgan fingerprint density at radius 2 is 2.04 bits per heavy atom. The summed E-state index contributed by atoms with van der Waals surface area (Å²) in [6.07, 6.45) is -3.50. The van der Waals surface area contributed by atoms with E-state index in [0.29, 0.717) is 5.56 Å². The molecule has 27 heavy (non-hydrogen) atoms. The van der Waals surface area contributed by atoms with Gasteiger partial charge in [0.25, 0.3) is 5.91 Å². The van der Waals surface area contributed by atoms with Crippen LogP contribution in [0.1, 0.15) is 11.5 Å². The minimum absolute atomic E-state index is 0.109. The van der Waals surface area contributed by atoms with Gasteiger partial charge in [-0.1, -0.05) is 29.4 Å². The molecule has 2 aromatic rings. The van der Waals surface area contributed by atoms with Crippen LogP contribution in [0, 0.1) is 0 Å². The molecule has 0 radical (unpaired) electrons. The third-order valence-corrected chi connectivity index (χ3v) is 3.29. The number of rotatable bonds is 6. The molecule has 0 aliphatic rings. The highest BCUT2D eigenvalue weighted by atomic mass is 19.4. The Morgan fingerprint density at radius 3 is 2.56 bits per heavy atom. The van der Waals surface area contributed by atoms with Crippen LogP contribution in [-0.4, -0.2) is 47.2 Å². The summed E-state index contributed by atoms with van der Waals surface area (Å²) in [7, 11) is 2.70. The number of nitrogens with two attached hydrogens (primary N) is 1. The Kier molecular flexibility index (Phi) is 6.23. The molecule has 2 rings (SSSR count). The van der Waals surface area contributed by atoms with Gasteiger partial charge >= 0.3 is 12.1 Å². The van der Waals surface area contributed by atoms with Gasteiger partial charge in [0, 0.05) is 12.6 Å². The van der Waals surface area contributed by atoms with Crippen molar-refractivity contribution in [1.82, 2.24) is 15.2 Å². The first-order valence-corrected chi connectivity index (χ1v) is 7.36. The smallest absolute Gasteiger partial charge is 0.329 e. The van der Waals surface area contributed by atoms with Gasteiger partial charge in [-0.25, -0.2) is 5.06 Å². The Bertz CT molecular complexity index is 845. The van der Waals surface area contributed by atoms with E-state index in [4.69, 9.17) is 10.7 Å². The molecule has 1 aromatic heterocycles. The lowest BCUT2D eigenvalue weighted by Crippen LogP contribution is -2.33. The van der Waals surface area contributed by atoms with Crippen LogP contribution < -0.4 is 5.84 Å². The van der Waals surface area contributed by atoms with Crippen LogP contribution in [0.2, 0.25) is 0 Å². The fourth-order valence-electron chi connectivity index (χ4n) is 1.84. The number of amides is 1. The number of benzene rings is 1. The first-order valence-electron chi connectivity index (χ1n) is 7.36. The highest BCUT2D eigenvalue weighted by Crippen LogP contribution is 2.29. The van der Waals surface area contributed by atoms with Gasteiger partial charge in [-0.2, -0.15) is 23.3 Å². The number of hydrogen-bond donors (Lipinski definition) is 1. The van der Waals surface area contributed by atoms with Gasteiger partial charge in [-0.05, 0) is 5.56 Å². The molecule has 2 N–H and O–H groups in total. The van der Waals surface area contributed by atoms with E-state index in [9.17, 15) is 18.0 Å². The van der Waals surface area contributed by atoms with E-state index >= 15 is 0 Å². The molecule has 0 bridgehead atoms. The number of hydrazone groups is 1. The first-order chi connectivity index (χ1) is 12.8. The van der Waals surface area contributed by atoms with E-state index in [0.717, 1.165) is 10.6 Å². The number of aliphatic imine (C=N–C) groups is 1. The molecule has 144 valence electrons. The van der Waals surface area contributed by atoms with Gasteiger partial charge in [0.1, 0.15) is 0 Å². The normalized spacial score (nSPS) is 12.6.